The molecule has 0 bridgehead atoms. The van der Waals surface area contributed by atoms with Gasteiger partial charge >= 0.3 is 15.1 Å². The molecule has 2 nitrogen and oxygen atoms in total. The Hall–Kier alpha value is -0.650. The fourth-order valence-corrected chi connectivity index (χ4v) is 11.6. The summed E-state index contributed by atoms with van der Waals surface area (Å²) in [6, 6.07) is 21.1. The number of hydrogen-bond acceptors (Lipinski definition) is 2. The van der Waals surface area contributed by atoms with Gasteiger partial charge < -0.3 is 9.84 Å². The predicted octanol–water partition coefficient (Wildman–Crippen LogP) is 4.96. The number of aliphatic hydroxyl groups is 1. The van der Waals surface area contributed by atoms with E-state index in [0.717, 1.165) is 19.2 Å². The average Bonchev–Trinajstić information content (AvgIpc) is 3.30. The van der Waals surface area contributed by atoms with Crippen LogP contribution in [0, 0.1) is 0 Å². The highest BCUT2D eigenvalue weighted by atomic mass is 31.2. The molecule has 3 aliphatic rings. The molecule has 3 heterocycles. The maximum atomic E-state index is 9.55. The van der Waals surface area contributed by atoms with Crippen molar-refractivity contribution in [2.45, 2.75) is 63.8 Å². The van der Waals surface area contributed by atoms with E-state index in [9.17, 15) is 5.11 Å². The summed E-state index contributed by atoms with van der Waals surface area (Å²) >= 11 is 0. The lowest BCUT2D eigenvalue weighted by molar-refractivity contribution is 0.183. The lowest BCUT2D eigenvalue weighted by Crippen LogP contribution is -2.23. The first-order chi connectivity index (χ1) is 15.3. The topological polar surface area (TPSA) is 32.8 Å². The van der Waals surface area contributed by atoms with E-state index in [2.05, 4.69) is 61.5 Å². The zero-order chi connectivity index (χ0) is 23.0. The quantitative estimate of drug-likeness (QED) is 0.393. The number of ether oxygens (including phenoxy) is 1. The molecule has 5 rings (SSSR count). The Morgan fingerprint density at radius 1 is 0.906 bits per heavy atom. The van der Waals surface area contributed by atoms with Crippen LogP contribution >= 0.6 is 14.3 Å². The van der Waals surface area contributed by atoms with Gasteiger partial charge in [0.05, 0.1) is 35.1 Å². The molecule has 0 aromatic heterocycles. The molecule has 4 radical (unpaired) electrons. The fourth-order valence-electron chi connectivity index (χ4n) is 4.73. The Labute approximate surface area is 199 Å². The number of benzene rings is 2. The molecule has 168 valence electrons. The van der Waals surface area contributed by atoms with Crippen molar-refractivity contribution in [3.05, 3.63) is 60.7 Å². The normalized spacial score (nSPS) is 28.6. The first-order valence-electron chi connectivity index (χ1n) is 12.1. The van der Waals surface area contributed by atoms with Crippen LogP contribution in [0.3, 0.4) is 0 Å². The largest absolute Gasteiger partial charge is 0.393 e. The van der Waals surface area contributed by atoms with E-state index < -0.39 is 14.3 Å². The highest BCUT2D eigenvalue weighted by Crippen LogP contribution is 2.64. The third-order valence-corrected chi connectivity index (χ3v) is 14.3. The maximum absolute atomic E-state index is 9.55. The number of hydrogen-bond donors (Lipinski definition) is 1. The molecule has 1 unspecified atom stereocenters. The van der Waals surface area contributed by atoms with E-state index in [0.29, 0.717) is 11.8 Å². The number of aliphatic hydroxyl groups excluding tert-OH is 1. The van der Waals surface area contributed by atoms with Crippen LogP contribution in [0.2, 0.25) is 0 Å². The van der Waals surface area contributed by atoms with Gasteiger partial charge in [0.15, 0.2) is 0 Å². The minimum absolute atomic E-state index is 0.227. The Morgan fingerprint density at radius 2 is 1.41 bits per heavy atom. The van der Waals surface area contributed by atoms with Gasteiger partial charge in [-0.05, 0) is 78.1 Å². The standard InChI is InChI=1S/C13H19BOP.C10H13BP.C3H6O/c1-11(15)10-13-8-5-9-16(13,14)12-6-3-2-4-7-12;11-12(8-4-5-9-12)10-6-2-1-3-7-10;1-3-2-4-3/h2-4,6-7,11,13,15H,5,8-10H2,1H3;1-3,6-7H,4-5,8-9H2;3H,2H2,1H3/q2*+1;/t11-,13+,16?;;3-/m0.0/s1. The van der Waals surface area contributed by atoms with Crippen molar-refractivity contribution in [1.29, 1.82) is 0 Å². The summed E-state index contributed by atoms with van der Waals surface area (Å²) in [7, 11) is 10.4. The van der Waals surface area contributed by atoms with Gasteiger partial charge in [-0.2, -0.15) is 0 Å². The zero-order valence-corrected chi connectivity index (χ0v) is 21.6. The molecule has 2 aromatic rings. The summed E-state index contributed by atoms with van der Waals surface area (Å²) in [5.41, 5.74) is 0.523. The van der Waals surface area contributed by atoms with Crippen molar-refractivity contribution in [1.82, 2.24) is 0 Å². The molecule has 0 saturated carbocycles. The first-order valence-corrected chi connectivity index (χ1v) is 16.4. The highest BCUT2D eigenvalue weighted by Gasteiger charge is 2.47. The molecule has 0 spiro atoms. The fraction of sp³-hybridized carbons (Fsp3) is 0.538. The third-order valence-electron chi connectivity index (χ3n) is 6.70. The molecule has 3 saturated heterocycles. The molecule has 0 aliphatic carbocycles. The third kappa shape index (κ3) is 7.43. The van der Waals surface area contributed by atoms with Crippen LogP contribution in [0.5, 0.6) is 0 Å². The summed E-state index contributed by atoms with van der Waals surface area (Å²) in [5, 5.41) is 12.3. The van der Waals surface area contributed by atoms with E-state index in [1.807, 2.05) is 13.0 Å². The van der Waals surface area contributed by atoms with E-state index in [-0.39, 0.29) is 6.10 Å². The van der Waals surface area contributed by atoms with Crippen molar-refractivity contribution < 1.29 is 9.84 Å². The molecule has 32 heavy (non-hydrogen) atoms. The second-order valence-electron chi connectivity index (χ2n) is 9.54. The summed E-state index contributed by atoms with van der Waals surface area (Å²) in [5.74, 6) is 0. The van der Waals surface area contributed by atoms with Gasteiger partial charge in [0.1, 0.15) is 0 Å². The Bertz CT molecular complexity index is 796. The summed E-state index contributed by atoms with van der Waals surface area (Å²) in [6.07, 6.45) is 9.95. The van der Waals surface area contributed by atoms with Crippen molar-refractivity contribution in [2.24, 2.45) is 0 Å². The van der Waals surface area contributed by atoms with Crippen LogP contribution in [0.4, 0.5) is 0 Å². The van der Waals surface area contributed by atoms with E-state index >= 15 is 0 Å². The molecule has 6 heteroatoms. The van der Waals surface area contributed by atoms with Crippen molar-refractivity contribution in [3.63, 3.8) is 0 Å². The summed E-state index contributed by atoms with van der Waals surface area (Å²) < 4.78 is 4.71. The maximum Gasteiger partial charge on any atom is 0.371 e. The van der Waals surface area contributed by atoms with Gasteiger partial charge in [0.25, 0.3) is 0 Å². The predicted molar refractivity (Wildman–Crippen MR) is 146 cm³/mol. The lowest BCUT2D eigenvalue weighted by atomic mass is 10.1. The van der Waals surface area contributed by atoms with Gasteiger partial charge in [0, 0.05) is 24.9 Å². The smallest absolute Gasteiger partial charge is 0.371 e. The van der Waals surface area contributed by atoms with E-state index in [4.69, 9.17) is 19.9 Å². The molecule has 3 aliphatic heterocycles. The molecule has 2 aromatic carbocycles. The van der Waals surface area contributed by atoms with Crippen LogP contribution in [0.25, 0.3) is 0 Å². The van der Waals surface area contributed by atoms with E-state index in [1.54, 1.807) is 0 Å². The van der Waals surface area contributed by atoms with Crippen LogP contribution in [-0.2, 0) is 4.74 Å². The average molecular weight is 466 g/mol. The van der Waals surface area contributed by atoms with Crippen molar-refractivity contribution in [2.75, 3.05) is 25.1 Å². The van der Waals surface area contributed by atoms with Gasteiger partial charge in [-0.3, -0.25) is 0 Å². The van der Waals surface area contributed by atoms with Crippen molar-refractivity contribution in [3.8, 4) is 0 Å². The van der Waals surface area contributed by atoms with Gasteiger partial charge in [-0.1, -0.05) is 36.4 Å². The van der Waals surface area contributed by atoms with E-state index in [1.165, 1.54) is 48.6 Å². The zero-order valence-electron chi connectivity index (χ0n) is 19.8. The van der Waals surface area contributed by atoms with Crippen LogP contribution < -0.4 is 10.6 Å². The van der Waals surface area contributed by atoms with Gasteiger partial charge in [-0.25, -0.2) is 0 Å². The Morgan fingerprint density at radius 3 is 1.88 bits per heavy atom. The molecule has 3 fully saturated rings. The van der Waals surface area contributed by atoms with Crippen LogP contribution in [0.1, 0.15) is 46.0 Å². The monoisotopic (exact) mass is 466 g/mol. The molecular formula is C26H38B2O2P2+2. The van der Waals surface area contributed by atoms with Crippen LogP contribution in [0.15, 0.2) is 60.7 Å². The Kier molecular flexibility index (Phi) is 9.87. The Balaban J connectivity index is 0.000000158. The number of rotatable bonds is 4. The number of epoxide rings is 1. The van der Waals surface area contributed by atoms with Crippen molar-refractivity contribution >= 4 is 40.0 Å². The molecule has 0 amide bonds. The van der Waals surface area contributed by atoms with Gasteiger partial charge in [0.2, 0.25) is 0 Å². The summed E-state index contributed by atoms with van der Waals surface area (Å²) in [4.78, 5) is 0. The SMILES string of the molecule is C[C@H]1CO1.[B][P+]1(c2ccccc2)CCCC1.[B][P+]1(c2ccccc2)CCC[C@@H]1C[C@H](C)O. The highest BCUT2D eigenvalue weighted by molar-refractivity contribution is 8.04. The summed E-state index contributed by atoms with van der Waals surface area (Å²) in [6.45, 7) is 4.91. The van der Waals surface area contributed by atoms with Crippen LogP contribution in [-0.4, -0.2) is 63.2 Å². The minimum Gasteiger partial charge on any atom is -0.393 e. The lowest BCUT2D eigenvalue weighted by Gasteiger charge is -2.26. The first kappa shape index (κ1) is 26.0. The van der Waals surface area contributed by atoms with Gasteiger partial charge in [-0.15, -0.1) is 0 Å². The minimum atomic E-state index is -1.50. The molecule has 1 N–H and O–H groups in total. The molecule has 4 atom stereocenters. The second kappa shape index (κ2) is 12.2. The molecular weight excluding hydrogens is 428 g/mol. The second-order valence-corrected chi connectivity index (χ2v) is 16.6.